The zero-order valence-corrected chi connectivity index (χ0v) is 21.9. The van der Waals surface area contributed by atoms with E-state index in [2.05, 4.69) is 52.0 Å². The molecular weight excluding hydrogens is 488 g/mol. The van der Waals surface area contributed by atoms with Gasteiger partial charge in [0.25, 0.3) is 0 Å². The van der Waals surface area contributed by atoms with Crippen LogP contribution < -0.4 is 5.63 Å². The summed E-state index contributed by atoms with van der Waals surface area (Å²) in [4.78, 5) is 0. The van der Waals surface area contributed by atoms with Crippen molar-refractivity contribution in [3.05, 3.63) is 101 Å². The van der Waals surface area contributed by atoms with E-state index in [9.17, 15) is 10.5 Å². The monoisotopic (exact) mass is 512 g/mol. The summed E-state index contributed by atoms with van der Waals surface area (Å²) < 4.78 is 16.3. The molecule has 0 saturated carbocycles. The molecule has 2 aromatic rings. The first-order valence-electron chi connectivity index (χ1n) is 11.0. The van der Waals surface area contributed by atoms with Crippen LogP contribution in [0.3, 0.4) is 0 Å². The Morgan fingerprint density at radius 1 is 0.636 bits per heavy atom. The van der Waals surface area contributed by atoms with E-state index in [1.165, 1.54) is 28.9 Å². The van der Waals surface area contributed by atoms with Crippen LogP contribution >= 0.6 is 0 Å². The van der Waals surface area contributed by atoms with Crippen LogP contribution in [-0.2, 0) is 21.1 Å². The number of allylic oxidation sites excluding steroid dienone is 8. The van der Waals surface area contributed by atoms with Gasteiger partial charge in [-0.25, -0.2) is 0 Å². The van der Waals surface area contributed by atoms with Gasteiger partial charge in [0, 0.05) is 0 Å². The van der Waals surface area contributed by atoms with Crippen molar-refractivity contribution in [3.8, 4) is 23.6 Å². The van der Waals surface area contributed by atoms with E-state index >= 15 is 0 Å². The molecule has 0 unspecified atom stereocenters. The third kappa shape index (κ3) is 4.39. The molecule has 0 atom stereocenters. The van der Waals surface area contributed by atoms with Gasteiger partial charge in [-0.2, -0.15) is 0 Å². The van der Waals surface area contributed by atoms with Gasteiger partial charge in [0.05, 0.1) is 0 Å². The zero-order valence-electron chi connectivity index (χ0n) is 19.4. The summed E-state index contributed by atoms with van der Waals surface area (Å²) >= 11 is -4.28. The van der Waals surface area contributed by atoms with E-state index in [4.69, 9.17) is 5.63 Å². The molecule has 2 aliphatic carbocycles. The Morgan fingerprint density at radius 3 is 1.27 bits per heavy atom. The van der Waals surface area contributed by atoms with Crippen LogP contribution in [0.5, 0.6) is 11.5 Å². The average Bonchev–Trinajstić information content (AvgIpc) is 3.35. The van der Waals surface area contributed by atoms with Crippen LogP contribution in [0.4, 0.5) is 0 Å². The maximum absolute atomic E-state index is 9.22. The van der Waals surface area contributed by atoms with Crippen molar-refractivity contribution in [1.82, 2.24) is 0 Å². The van der Waals surface area contributed by atoms with Crippen LogP contribution in [0.25, 0.3) is 0 Å². The Kier molecular flexibility index (Phi) is 6.55. The van der Waals surface area contributed by atoms with Crippen molar-refractivity contribution in [3.63, 3.8) is 0 Å². The first-order chi connectivity index (χ1) is 15.9. The van der Waals surface area contributed by atoms with Gasteiger partial charge in [0.15, 0.2) is 0 Å². The first kappa shape index (κ1) is 23.0. The number of benzene rings is 2. The standard InChI is InChI=1S/2C7H5NO.2C7H9.Zr/c2*8-5-6-1-3-7(9)4-2-6;2*1-6-4-3-5-7(6)2;/h2*1-4,9H;2*3H,4H2,1-2H3;/q;;;;+2/p-2. The SMILES string of the molecule is CC1=C(C)[C]([Zr]([O]c2ccc(C#N)cc2)([O]c2ccc(C#N)cc2)[C]2=CCC(C)=C2C)=CC1. The average molecular weight is 514 g/mol. The molecule has 0 bridgehead atoms. The normalized spacial score (nSPS) is 15.7. The predicted molar refractivity (Wildman–Crippen MR) is 126 cm³/mol. The van der Waals surface area contributed by atoms with Crippen LogP contribution in [0, 0.1) is 22.7 Å². The van der Waals surface area contributed by atoms with E-state index in [0.29, 0.717) is 22.6 Å². The van der Waals surface area contributed by atoms with Crippen molar-refractivity contribution in [1.29, 1.82) is 10.5 Å². The van der Waals surface area contributed by atoms with E-state index < -0.39 is 21.1 Å². The molecule has 0 aromatic heterocycles. The van der Waals surface area contributed by atoms with Crippen molar-refractivity contribution >= 4 is 0 Å². The molecule has 5 heteroatoms. The third-order valence-corrected chi connectivity index (χ3v) is 15.4. The number of hydrogen-bond acceptors (Lipinski definition) is 4. The molecule has 0 amide bonds. The minimum atomic E-state index is -4.28. The molecule has 33 heavy (non-hydrogen) atoms. The number of nitriles is 2. The van der Waals surface area contributed by atoms with Gasteiger partial charge < -0.3 is 0 Å². The molecule has 0 radical (unpaired) electrons. The second-order valence-corrected chi connectivity index (χ2v) is 15.2. The van der Waals surface area contributed by atoms with Crippen molar-refractivity contribution in [2.24, 2.45) is 0 Å². The molecule has 0 heterocycles. The Balaban J connectivity index is 1.90. The second kappa shape index (κ2) is 9.39. The van der Waals surface area contributed by atoms with E-state index in [0.717, 1.165) is 12.8 Å². The number of rotatable bonds is 6. The molecule has 0 spiro atoms. The van der Waals surface area contributed by atoms with Gasteiger partial charge >= 0.3 is 202 Å². The van der Waals surface area contributed by atoms with Gasteiger partial charge in [-0.05, 0) is 0 Å². The van der Waals surface area contributed by atoms with Gasteiger partial charge in [0.1, 0.15) is 0 Å². The first-order valence-corrected chi connectivity index (χ1v) is 15.5. The molecule has 4 rings (SSSR count). The van der Waals surface area contributed by atoms with Crippen LogP contribution in [0.15, 0.2) is 89.5 Å². The third-order valence-electron chi connectivity index (χ3n) is 6.51. The summed E-state index contributed by atoms with van der Waals surface area (Å²) in [5.74, 6) is 1.41. The topological polar surface area (TPSA) is 66.0 Å². The summed E-state index contributed by atoms with van der Waals surface area (Å²) in [5, 5.41) is 18.4. The molecule has 0 aliphatic heterocycles. The Bertz CT molecular complexity index is 1190. The molecule has 164 valence electrons. The summed E-state index contributed by atoms with van der Waals surface area (Å²) in [5.41, 5.74) is 6.33. The number of hydrogen-bond donors (Lipinski definition) is 0. The number of nitrogens with zero attached hydrogens (tertiary/aromatic N) is 2. The molecule has 0 fully saturated rings. The van der Waals surface area contributed by atoms with Crippen LogP contribution in [0.2, 0.25) is 0 Å². The van der Waals surface area contributed by atoms with Gasteiger partial charge in [-0.15, -0.1) is 0 Å². The van der Waals surface area contributed by atoms with Gasteiger partial charge in [-0.1, -0.05) is 0 Å². The molecule has 0 saturated heterocycles. The van der Waals surface area contributed by atoms with Gasteiger partial charge in [-0.3, -0.25) is 0 Å². The van der Waals surface area contributed by atoms with Crippen molar-refractivity contribution < 1.29 is 26.8 Å². The molecule has 2 aromatic carbocycles. The quantitative estimate of drug-likeness (QED) is 0.412. The maximum atomic E-state index is 9.22. The Hall–Kier alpha value is -3.14. The fraction of sp³-hybridized carbons (Fsp3) is 0.214. The Labute approximate surface area is 201 Å². The molecule has 2 aliphatic rings. The van der Waals surface area contributed by atoms with Crippen molar-refractivity contribution in [2.45, 2.75) is 40.5 Å². The fourth-order valence-electron chi connectivity index (χ4n) is 4.26. The Morgan fingerprint density at radius 2 is 1.00 bits per heavy atom. The predicted octanol–water partition coefficient (Wildman–Crippen LogP) is 7.12. The molecule has 0 N–H and O–H groups in total. The summed E-state index contributed by atoms with van der Waals surface area (Å²) in [6.07, 6.45) is 6.33. The van der Waals surface area contributed by atoms with Crippen LogP contribution in [-0.4, -0.2) is 0 Å². The molecule has 4 nitrogen and oxygen atoms in total. The van der Waals surface area contributed by atoms with E-state index in [1.807, 2.05) is 24.3 Å². The minimum absolute atomic E-state index is 0.593. The zero-order chi connectivity index (χ0) is 23.6. The summed E-state index contributed by atoms with van der Waals surface area (Å²) in [7, 11) is 0. The molecular formula is C28H26N2O2Zr. The fourth-order valence-corrected chi connectivity index (χ4v) is 13.8. The van der Waals surface area contributed by atoms with E-state index in [-0.39, 0.29) is 0 Å². The summed E-state index contributed by atoms with van der Waals surface area (Å²) in [6.45, 7) is 8.64. The van der Waals surface area contributed by atoms with Gasteiger partial charge in [0.2, 0.25) is 0 Å². The second-order valence-electron chi connectivity index (χ2n) is 8.55. The van der Waals surface area contributed by atoms with E-state index in [1.54, 1.807) is 24.3 Å². The summed E-state index contributed by atoms with van der Waals surface area (Å²) in [6, 6.07) is 18.9. The van der Waals surface area contributed by atoms with Crippen LogP contribution in [0.1, 0.15) is 51.7 Å². The van der Waals surface area contributed by atoms with Crippen molar-refractivity contribution in [2.75, 3.05) is 0 Å².